The zero-order valence-electron chi connectivity index (χ0n) is 14.6. The second kappa shape index (κ2) is 8.41. The largest absolute Gasteiger partial charge is 0.325 e. The van der Waals surface area contributed by atoms with Gasteiger partial charge in [0, 0.05) is 5.69 Å². The number of hydrogen-bond acceptors (Lipinski definition) is 2. The summed E-state index contributed by atoms with van der Waals surface area (Å²) < 4.78 is 13.4. The third-order valence-electron chi connectivity index (χ3n) is 4.21. The number of benzene rings is 3. The van der Waals surface area contributed by atoms with Crippen LogP contribution in [0.5, 0.6) is 0 Å². The molecule has 3 rings (SSSR count). The molecule has 0 aromatic heterocycles. The Hall–Kier alpha value is -2.98. The highest BCUT2D eigenvalue weighted by Gasteiger charge is 2.15. The molecule has 0 radical (unpaired) electrons. The standard InChI is InChI=1S/C22H21FN2O/c1-16-12-13-19(23)14-20(16)25-21(26)15-24-22(17-8-4-2-5-9-17)18-10-6-3-7-11-18/h2-14,22,24H,15H2,1H3,(H,25,26). The summed E-state index contributed by atoms with van der Waals surface area (Å²) in [5.74, 6) is -0.583. The summed E-state index contributed by atoms with van der Waals surface area (Å²) in [5, 5.41) is 6.07. The van der Waals surface area contributed by atoms with E-state index < -0.39 is 0 Å². The topological polar surface area (TPSA) is 41.1 Å². The summed E-state index contributed by atoms with van der Waals surface area (Å²) in [6.07, 6.45) is 0. The highest BCUT2D eigenvalue weighted by molar-refractivity contribution is 5.93. The molecule has 3 aromatic rings. The number of anilines is 1. The van der Waals surface area contributed by atoms with Gasteiger partial charge in [-0.2, -0.15) is 0 Å². The van der Waals surface area contributed by atoms with E-state index in [9.17, 15) is 9.18 Å². The minimum absolute atomic E-state index is 0.100. The molecule has 0 atom stereocenters. The monoisotopic (exact) mass is 348 g/mol. The Balaban J connectivity index is 1.72. The fourth-order valence-corrected chi connectivity index (χ4v) is 2.84. The summed E-state index contributed by atoms with van der Waals surface area (Å²) in [5.41, 5.74) is 3.47. The molecule has 0 heterocycles. The van der Waals surface area contributed by atoms with E-state index in [1.165, 1.54) is 12.1 Å². The van der Waals surface area contributed by atoms with Crippen molar-refractivity contribution in [3.63, 3.8) is 0 Å². The van der Waals surface area contributed by atoms with Gasteiger partial charge >= 0.3 is 0 Å². The second-order valence-corrected chi connectivity index (χ2v) is 6.14. The van der Waals surface area contributed by atoms with Gasteiger partial charge in [0.2, 0.25) is 5.91 Å². The molecule has 132 valence electrons. The molecule has 0 aliphatic carbocycles. The third-order valence-corrected chi connectivity index (χ3v) is 4.21. The summed E-state index contributed by atoms with van der Waals surface area (Å²) in [7, 11) is 0. The van der Waals surface area contributed by atoms with Crippen LogP contribution in [0.4, 0.5) is 10.1 Å². The van der Waals surface area contributed by atoms with Crippen LogP contribution in [-0.2, 0) is 4.79 Å². The fraction of sp³-hybridized carbons (Fsp3) is 0.136. The molecule has 0 saturated heterocycles. The van der Waals surface area contributed by atoms with Gasteiger partial charge in [-0.25, -0.2) is 4.39 Å². The lowest BCUT2D eigenvalue weighted by atomic mass is 9.99. The summed E-state index contributed by atoms with van der Waals surface area (Å²) in [6, 6.07) is 24.2. The average Bonchev–Trinajstić information content (AvgIpc) is 2.67. The van der Waals surface area contributed by atoms with Crippen LogP contribution < -0.4 is 10.6 Å². The van der Waals surface area contributed by atoms with E-state index >= 15 is 0 Å². The first kappa shape index (κ1) is 17.8. The molecule has 2 N–H and O–H groups in total. The zero-order chi connectivity index (χ0) is 18.4. The van der Waals surface area contributed by atoms with Crippen LogP contribution in [0.25, 0.3) is 0 Å². The SMILES string of the molecule is Cc1ccc(F)cc1NC(=O)CNC(c1ccccc1)c1ccccc1. The number of rotatable bonds is 6. The van der Waals surface area contributed by atoms with E-state index in [0.717, 1.165) is 16.7 Å². The molecular weight excluding hydrogens is 327 g/mol. The van der Waals surface area contributed by atoms with E-state index in [4.69, 9.17) is 0 Å². The van der Waals surface area contributed by atoms with Crippen LogP contribution in [0, 0.1) is 12.7 Å². The Morgan fingerprint density at radius 3 is 2.08 bits per heavy atom. The van der Waals surface area contributed by atoms with Crippen molar-refractivity contribution < 1.29 is 9.18 Å². The van der Waals surface area contributed by atoms with Crippen molar-refractivity contribution in [1.82, 2.24) is 5.32 Å². The smallest absolute Gasteiger partial charge is 0.238 e. The predicted octanol–water partition coefficient (Wildman–Crippen LogP) is 4.45. The molecule has 0 fully saturated rings. The van der Waals surface area contributed by atoms with Crippen molar-refractivity contribution in [3.05, 3.63) is 101 Å². The predicted molar refractivity (Wildman–Crippen MR) is 102 cm³/mol. The average molecular weight is 348 g/mol. The van der Waals surface area contributed by atoms with Crippen molar-refractivity contribution in [2.24, 2.45) is 0 Å². The maximum atomic E-state index is 13.4. The first-order valence-electron chi connectivity index (χ1n) is 8.53. The molecule has 0 aliphatic rings. The Morgan fingerprint density at radius 2 is 1.50 bits per heavy atom. The van der Waals surface area contributed by atoms with Crippen LogP contribution in [0.3, 0.4) is 0 Å². The Bertz CT molecular complexity index is 826. The van der Waals surface area contributed by atoms with E-state index in [0.29, 0.717) is 5.69 Å². The van der Waals surface area contributed by atoms with Crippen molar-refractivity contribution in [2.45, 2.75) is 13.0 Å². The van der Waals surface area contributed by atoms with Gasteiger partial charge in [0.1, 0.15) is 5.82 Å². The quantitative estimate of drug-likeness (QED) is 0.691. The molecule has 0 spiro atoms. The number of aryl methyl sites for hydroxylation is 1. The highest BCUT2D eigenvalue weighted by Crippen LogP contribution is 2.21. The van der Waals surface area contributed by atoms with E-state index in [-0.39, 0.29) is 24.3 Å². The second-order valence-electron chi connectivity index (χ2n) is 6.14. The minimum atomic E-state index is -0.370. The number of carbonyl (C=O) groups is 1. The third kappa shape index (κ3) is 4.55. The number of halogens is 1. The van der Waals surface area contributed by atoms with Crippen molar-refractivity contribution in [2.75, 3.05) is 11.9 Å². The molecule has 26 heavy (non-hydrogen) atoms. The van der Waals surface area contributed by atoms with Crippen molar-refractivity contribution in [1.29, 1.82) is 0 Å². The van der Waals surface area contributed by atoms with Crippen LogP contribution >= 0.6 is 0 Å². The molecule has 1 amide bonds. The first-order valence-corrected chi connectivity index (χ1v) is 8.53. The lowest BCUT2D eigenvalue weighted by Gasteiger charge is -2.20. The molecule has 0 saturated carbocycles. The molecule has 3 nitrogen and oxygen atoms in total. The molecular formula is C22H21FN2O. The molecule has 4 heteroatoms. The lowest BCUT2D eigenvalue weighted by Crippen LogP contribution is -2.32. The maximum Gasteiger partial charge on any atom is 0.238 e. The van der Waals surface area contributed by atoms with Crippen LogP contribution in [0.2, 0.25) is 0 Å². The van der Waals surface area contributed by atoms with Gasteiger partial charge in [0.15, 0.2) is 0 Å². The number of carbonyl (C=O) groups excluding carboxylic acids is 1. The Morgan fingerprint density at radius 1 is 0.923 bits per heavy atom. The van der Waals surface area contributed by atoms with Gasteiger partial charge in [-0.1, -0.05) is 66.7 Å². The molecule has 0 bridgehead atoms. The van der Waals surface area contributed by atoms with E-state index in [1.54, 1.807) is 6.07 Å². The minimum Gasteiger partial charge on any atom is -0.325 e. The molecule has 0 unspecified atom stereocenters. The van der Waals surface area contributed by atoms with E-state index in [1.807, 2.05) is 67.6 Å². The van der Waals surface area contributed by atoms with E-state index in [2.05, 4.69) is 10.6 Å². The summed E-state index contributed by atoms with van der Waals surface area (Å²) >= 11 is 0. The molecule has 3 aromatic carbocycles. The summed E-state index contributed by atoms with van der Waals surface area (Å²) in [4.78, 5) is 12.3. The number of nitrogens with one attached hydrogen (secondary N) is 2. The van der Waals surface area contributed by atoms with Gasteiger partial charge in [0.25, 0.3) is 0 Å². The zero-order valence-corrected chi connectivity index (χ0v) is 14.6. The van der Waals surface area contributed by atoms with Crippen LogP contribution in [0.1, 0.15) is 22.7 Å². The van der Waals surface area contributed by atoms with Gasteiger partial charge in [-0.3, -0.25) is 10.1 Å². The summed E-state index contributed by atoms with van der Waals surface area (Å²) in [6.45, 7) is 1.95. The normalized spacial score (nSPS) is 10.7. The Labute approximate surface area is 152 Å². The van der Waals surface area contributed by atoms with Crippen molar-refractivity contribution >= 4 is 11.6 Å². The van der Waals surface area contributed by atoms with Crippen LogP contribution in [-0.4, -0.2) is 12.5 Å². The molecule has 0 aliphatic heterocycles. The first-order chi connectivity index (χ1) is 12.6. The number of hydrogen-bond donors (Lipinski definition) is 2. The van der Waals surface area contributed by atoms with Gasteiger partial charge < -0.3 is 5.32 Å². The maximum absolute atomic E-state index is 13.4. The highest BCUT2D eigenvalue weighted by atomic mass is 19.1. The van der Waals surface area contributed by atoms with Gasteiger partial charge in [0.05, 0.1) is 12.6 Å². The van der Waals surface area contributed by atoms with Gasteiger partial charge in [-0.05, 0) is 35.7 Å². The lowest BCUT2D eigenvalue weighted by molar-refractivity contribution is -0.115. The Kier molecular flexibility index (Phi) is 5.77. The van der Waals surface area contributed by atoms with Crippen molar-refractivity contribution in [3.8, 4) is 0 Å². The fourth-order valence-electron chi connectivity index (χ4n) is 2.84. The van der Waals surface area contributed by atoms with Crippen LogP contribution in [0.15, 0.2) is 78.9 Å². The van der Waals surface area contributed by atoms with Gasteiger partial charge in [-0.15, -0.1) is 0 Å². The number of amides is 1.